The lowest BCUT2D eigenvalue weighted by molar-refractivity contribution is -0.142. The van der Waals surface area contributed by atoms with Crippen LogP contribution >= 0.6 is 11.6 Å². The molecule has 1 saturated carbocycles. The molecule has 1 aliphatic carbocycles. The van der Waals surface area contributed by atoms with E-state index in [1.54, 1.807) is 12.1 Å². The minimum absolute atomic E-state index is 0.0342. The number of halogens is 1. The van der Waals surface area contributed by atoms with E-state index in [1.807, 2.05) is 12.1 Å². The first kappa shape index (κ1) is 21.9. The lowest BCUT2D eigenvalue weighted by atomic mass is 9.79. The smallest absolute Gasteiger partial charge is 0.308 e. The van der Waals surface area contributed by atoms with Crippen molar-refractivity contribution in [1.29, 1.82) is 0 Å². The Labute approximate surface area is 189 Å². The first-order valence-corrected chi connectivity index (χ1v) is 11.8. The summed E-state index contributed by atoms with van der Waals surface area (Å²) in [6.07, 6.45) is 7.40. The van der Waals surface area contributed by atoms with Crippen LogP contribution in [0.4, 0.5) is 0 Å². The summed E-state index contributed by atoms with van der Waals surface area (Å²) >= 11 is 5.97. The van der Waals surface area contributed by atoms with Gasteiger partial charge in [0, 0.05) is 10.9 Å². The van der Waals surface area contributed by atoms with E-state index >= 15 is 0 Å². The maximum atomic E-state index is 12.9. The first-order chi connectivity index (χ1) is 15.1. The quantitative estimate of drug-likeness (QED) is 0.568. The molecule has 1 aliphatic heterocycles. The summed E-state index contributed by atoms with van der Waals surface area (Å²) in [6, 6.07) is 17.6. The van der Waals surface area contributed by atoms with Crippen molar-refractivity contribution in [2.75, 3.05) is 0 Å². The Bertz CT molecular complexity index is 875. The minimum Gasteiger partial charge on any atom is -0.455 e. The largest absolute Gasteiger partial charge is 0.455 e. The second-order valence-corrected chi connectivity index (χ2v) is 9.31. The number of carbonyl (C=O) groups excluding carboxylic acids is 2. The SMILES string of the molecule is O=C1C[C@H](NC(=O)C2CCC(CCCc3ccccc3)CC2)[C@@H](c2ccc(Cl)cc2)O1. The Morgan fingerprint density at radius 3 is 2.42 bits per heavy atom. The summed E-state index contributed by atoms with van der Waals surface area (Å²) in [5.41, 5.74) is 2.27. The Morgan fingerprint density at radius 1 is 1.00 bits per heavy atom. The normalized spacial score (nSPS) is 25.8. The molecule has 1 heterocycles. The molecule has 31 heavy (non-hydrogen) atoms. The first-order valence-electron chi connectivity index (χ1n) is 11.4. The Morgan fingerprint density at radius 2 is 1.71 bits per heavy atom. The molecule has 2 aliphatic rings. The van der Waals surface area contributed by atoms with Crippen LogP contribution in [0, 0.1) is 11.8 Å². The van der Waals surface area contributed by atoms with Gasteiger partial charge < -0.3 is 10.1 Å². The predicted molar refractivity (Wildman–Crippen MR) is 122 cm³/mol. The summed E-state index contributed by atoms with van der Waals surface area (Å²) in [5, 5.41) is 3.74. The molecule has 4 nitrogen and oxygen atoms in total. The highest BCUT2D eigenvalue weighted by atomic mass is 35.5. The third-order valence-corrected chi connectivity index (χ3v) is 6.93. The number of rotatable bonds is 7. The fourth-order valence-electron chi connectivity index (χ4n) is 4.89. The van der Waals surface area contributed by atoms with Gasteiger partial charge in [0.05, 0.1) is 12.5 Å². The summed E-state index contributed by atoms with van der Waals surface area (Å²) < 4.78 is 5.49. The fraction of sp³-hybridized carbons (Fsp3) is 0.462. The lowest BCUT2D eigenvalue weighted by Crippen LogP contribution is -2.41. The summed E-state index contributed by atoms with van der Waals surface area (Å²) in [5.74, 6) is 0.537. The third kappa shape index (κ3) is 5.88. The van der Waals surface area contributed by atoms with E-state index in [2.05, 4.69) is 35.6 Å². The van der Waals surface area contributed by atoms with Crippen LogP contribution in [0.1, 0.15) is 62.2 Å². The zero-order valence-corrected chi connectivity index (χ0v) is 18.5. The van der Waals surface area contributed by atoms with Crippen LogP contribution in [0.25, 0.3) is 0 Å². The van der Waals surface area contributed by atoms with Crippen molar-refractivity contribution in [3.63, 3.8) is 0 Å². The van der Waals surface area contributed by atoms with E-state index in [4.69, 9.17) is 16.3 Å². The van der Waals surface area contributed by atoms with Crippen molar-refractivity contribution < 1.29 is 14.3 Å². The van der Waals surface area contributed by atoms with Gasteiger partial charge in [-0.3, -0.25) is 9.59 Å². The number of amides is 1. The van der Waals surface area contributed by atoms with E-state index in [0.717, 1.165) is 37.7 Å². The molecule has 2 atom stereocenters. The number of aryl methyl sites for hydroxylation is 1. The number of ether oxygens (including phenoxy) is 1. The predicted octanol–water partition coefficient (Wildman–Crippen LogP) is 5.64. The molecular weight excluding hydrogens is 410 g/mol. The van der Waals surface area contributed by atoms with Crippen molar-refractivity contribution >= 4 is 23.5 Å². The molecule has 164 valence electrons. The highest BCUT2D eigenvalue weighted by Crippen LogP contribution is 2.34. The molecular formula is C26H30ClNO3. The number of carbonyl (C=O) groups is 2. The second kappa shape index (κ2) is 10.3. The molecule has 0 unspecified atom stereocenters. The van der Waals surface area contributed by atoms with Crippen molar-refractivity contribution in [2.24, 2.45) is 11.8 Å². The Hall–Kier alpha value is -2.33. The molecule has 1 saturated heterocycles. The highest BCUT2D eigenvalue weighted by molar-refractivity contribution is 6.30. The van der Waals surface area contributed by atoms with Crippen LogP contribution in [0.5, 0.6) is 0 Å². The molecule has 0 aromatic heterocycles. The molecule has 0 spiro atoms. The number of nitrogens with one attached hydrogen (secondary N) is 1. The Balaban J connectivity index is 1.23. The van der Waals surface area contributed by atoms with Gasteiger partial charge in [-0.15, -0.1) is 0 Å². The average molecular weight is 440 g/mol. The molecule has 2 aromatic carbocycles. The fourth-order valence-corrected chi connectivity index (χ4v) is 5.02. The van der Waals surface area contributed by atoms with Crippen molar-refractivity contribution in [1.82, 2.24) is 5.32 Å². The second-order valence-electron chi connectivity index (χ2n) is 8.88. The van der Waals surface area contributed by atoms with Gasteiger partial charge in [0.15, 0.2) is 0 Å². The standard InChI is InChI=1S/C26H30ClNO3/c27-22-15-13-20(14-16-22)25-23(17-24(29)31-25)28-26(30)21-11-9-19(10-12-21)8-4-7-18-5-2-1-3-6-18/h1-3,5-6,13-16,19,21,23,25H,4,7-12,17H2,(H,28,30)/t19?,21?,23-,25+/m0/s1. The zero-order valence-electron chi connectivity index (χ0n) is 17.8. The van der Waals surface area contributed by atoms with Gasteiger partial charge >= 0.3 is 5.97 Å². The van der Waals surface area contributed by atoms with Crippen LogP contribution in [0.2, 0.25) is 5.02 Å². The van der Waals surface area contributed by atoms with Gasteiger partial charge in [0.25, 0.3) is 0 Å². The van der Waals surface area contributed by atoms with Crippen molar-refractivity contribution in [3.8, 4) is 0 Å². The molecule has 0 radical (unpaired) electrons. The number of benzene rings is 2. The number of hydrogen-bond acceptors (Lipinski definition) is 3. The van der Waals surface area contributed by atoms with E-state index in [0.29, 0.717) is 10.9 Å². The van der Waals surface area contributed by atoms with E-state index in [-0.39, 0.29) is 30.3 Å². The summed E-state index contributed by atoms with van der Waals surface area (Å²) in [6.45, 7) is 0. The number of cyclic esters (lactones) is 1. The molecule has 1 N–H and O–H groups in total. The minimum atomic E-state index is -0.442. The molecule has 1 amide bonds. The molecule has 0 bridgehead atoms. The zero-order chi connectivity index (χ0) is 21.6. The van der Waals surface area contributed by atoms with E-state index in [1.165, 1.54) is 18.4 Å². The summed E-state index contributed by atoms with van der Waals surface area (Å²) in [4.78, 5) is 24.8. The molecule has 5 heteroatoms. The van der Waals surface area contributed by atoms with Crippen LogP contribution in [-0.2, 0) is 20.7 Å². The lowest BCUT2D eigenvalue weighted by Gasteiger charge is -2.29. The maximum Gasteiger partial charge on any atom is 0.308 e. The van der Waals surface area contributed by atoms with Crippen LogP contribution in [0.15, 0.2) is 54.6 Å². The average Bonchev–Trinajstić information content (AvgIpc) is 3.15. The topological polar surface area (TPSA) is 55.4 Å². The van der Waals surface area contributed by atoms with Crippen molar-refractivity contribution in [3.05, 3.63) is 70.7 Å². The molecule has 2 aromatic rings. The van der Waals surface area contributed by atoms with Crippen LogP contribution in [0.3, 0.4) is 0 Å². The monoisotopic (exact) mass is 439 g/mol. The molecule has 4 rings (SSSR count). The van der Waals surface area contributed by atoms with E-state index < -0.39 is 6.10 Å². The van der Waals surface area contributed by atoms with Gasteiger partial charge in [-0.2, -0.15) is 0 Å². The van der Waals surface area contributed by atoms with Gasteiger partial charge in [0.2, 0.25) is 5.91 Å². The molecule has 2 fully saturated rings. The summed E-state index contributed by atoms with van der Waals surface area (Å²) in [7, 11) is 0. The maximum absolute atomic E-state index is 12.9. The number of esters is 1. The van der Waals surface area contributed by atoms with Gasteiger partial charge in [-0.05, 0) is 67.7 Å². The third-order valence-electron chi connectivity index (χ3n) is 6.67. The number of hydrogen-bond donors (Lipinski definition) is 1. The van der Waals surface area contributed by atoms with Gasteiger partial charge in [-0.25, -0.2) is 0 Å². The Kier molecular flexibility index (Phi) is 7.29. The van der Waals surface area contributed by atoms with Gasteiger partial charge in [0.1, 0.15) is 6.10 Å². The van der Waals surface area contributed by atoms with Crippen LogP contribution < -0.4 is 5.32 Å². The van der Waals surface area contributed by atoms with Crippen LogP contribution in [-0.4, -0.2) is 17.9 Å². The van der Waals surface area contributed by atoms with E-state index in [9.17, 15) is 9.59 Å². The highest BCUT2D eigenvalue weighted by Gasteiger charge is 2.38. The van der Waals surface area contributed by atoms with Gasteiger partial charge in [-0.1, -0.05) is 60.5 Å². The van der Waals surface area contributed by atoms with Crippen molar-refractivity contribution in [2.45, 2.75) is 63.5 Å².